The molecule has 37 heavy (non-hydrogen) atoms. The number of ether oxygens (including phenoxy) is 1. The number of carbonyl (C=O) groups is 1. The zero-order valence-electron chi connectivity index (χ0n) is 21.0. The van der Waals surface area contributed by atoms with Crippen LogP contribution in [-0.4, -0.2) is 71.8 Å². The van der Waals surface area contributed by atoms with Gasteiger partial charge in [-0.25, -0.2) is 4.98 Å². The molecule has 2 aliphatic heterocycles. The Kier molecular flexibility index (Phi) is 5.89. The first kappa shape index (κ1) is 23.6. The molecule has 0 saturated carbocycles. The van der Waals surface area contributed by atoms with Crippen LogP contribution in [0.5, 0.6) is 11.6 Å². The van der Waals surface area contributed by atoms with Gasteiger partial charge in [0.05, 0.1) is 16.9 Å². The van der Waals surface area contributed by atoms with Crippen molar-refractivity contribution >= 4 is 16.8 Å². The first-order valence-electron chi connectivity index (χ1n) is 12.6. The third kappa shape index (κ3) is 4.80. The van der Waals surface area contributed by atoms with Gasteiger partial charge in [0.25, 0.3) is 5.91 Å². The van der Waals surface area contributed by atoms with Crippen LogP contribution in [0.1, 0.15) is 32.4 Å². The van der Waals surface area contributed by atoms with E-state index in [9.17, 15) is 9.90 Å². The summed E-state index contributed by atoms with van der Waals surface area (Å²) in [6.07, 6.45) is 5.59. The van der Waals surface area contributed by atoms with Gasteiger partial charge in [0, 0.05) is 61.1 Å². The maximum absolute atomic E-state index is 12.6. The Hall–Kier alpha value is -3.82. The van der Waals surface area contributed by atoms with Gasteiger partial charge in [-0.3, -0.25) is 19.8 Å². The molecular weight excluding hydrogens is 468 g/mol. The normalized spacial score (nSPS) is 19.9. The molecule has 4 aromatic rings. The lowest BCUT2D eigenvalue weighted by atomic mass is 10.1. The zero-order chi connectivity index (χ0) is 25.6. The summed E-state index contributed by atoms with van der Waals surface area (Å²) in [5, 5.41) is 18.0. The highest BCUT2D eigenvalue weighted by Crippen LogP contribution is 2.33. The zero-order valence-corrected chi connectivity index (χ0v) is 21.0. The molecule has 1 amide bonds. The number of carbonyl (C=O) groups excluding carboxylic acids is 1. The highest BCUT2D eigenvalue weighted by atomic mass is 16.5. The second-order valence-electron chi connectivity index (χ2n) is 10.4. The quantitative estimate of drug-likeness (QED) is 0.417. The summed E-state index contributed by atoms with van der Waals surface area (Å²) in [4.78, 5) is 26.2. The Labute approximate surface area is 215 Å². The van der Waals surface area contributed by atoms with Crippen molar-refractivity contribution in [3.05, 3.63) is 66.6 Å². The van der Waals surface area contributed by atoms with Gasteiger partial charge in [-0.15, -0.1) is 0 Å². The molecule has 190 valence electrons. The summed E-state index contributed by atoms with van der Waals surface area (Å²) in [5.41, 5.74) is 2.44. The topological polar surface area (TPSA) is 107 Å². The number of piperazine rings is 1. The summed E-state index contributed by atoms with van der Waals surface area (Å²) < 4.78 is 5.98. The van der Waals surface area contributed by atoms with Gasteiger partial charge in [-0.05, 0) is 63.1 Å². The fraction of sp³-hybridized carbons (Fsp3) is 0.357. The number of aliphatic hydroxyl groups is 1. The van der Waals surface area contributed by atoms with Crippen molar-refractivity contribution in [2.45, 2.75) is 50.9 Å². The molecule has 9 nitrogen and oxygen atoms in total. The van der Waals surface area contributed by atoms with Crippen molar-refractivity contribution in [1.82, 2.24) is 30.0 Å². The molecule has 2 bridgehead atoms. The molecule has 2 aliphatic rings. The number of amides is 1. The van der Waals surface area contributed by atoms with Crippen LogP contribution in [0.2, 0.25) is 0 Å². The molecule has 2 N–H and O–H groups in total. The van der Waals surface area contributed by atoms with E-state index < -0.39 is 5.60 Å². The summed E-state index contributed by atoms with van der Waals surface area (Å²) >= 11 is 0. The maximum atomic E-state index is 12.6. The predicted molar refractivity (Wildman–Crippen MR) is 139 cm³/mol. The highest BCUT2D eigenvalue weighted by molar-refractivity contribution is 5.84. The number of likely N-dealkylation sites (tertiary alicyclic amines) is 1. The van der Waals surface area contributed by atoms with E-state index >= 15 is 0 Å². The summed E-state index contributed by atoms with van der Waals surface area (Å²) in [5.74, 6) is 1.04. The van der Waals surface area contributed by atoms with Crippen LogP contribution in [-0.2, 0) is 11.3 Å². The number of aromatic amines is 1. The average molecular weight is 499 g/mol. The standard InChI is InChI=1S/C28H30N6O3/c1-28(2,36)27(35)33-16-21-6-7-22(17-33)34(21)15-20-5-3-18-13-23(8-9-24(18)31-20)37-26-10-4-19(14-29-26)25-11-12-30-32-25/h3-5,8-14,21-22,36H,6-7,15-17H2,1-2H3,(H,30,32). The van der Waals surface area contributed by atoms with Crippen molar-refractivity contribution in [2.24, 2.45) is 0 Å². The molecule has 6 rings (SSSR count). The first-order valence-corrected chi connectivity index (χ1v) is 12.6. The van der Waals surface area contributed by atoms with Gasteiger partial charge in [0.1, 0.15) is 11.4 Å². The van der Waals surface area contributed by atoms with Gasteiger partial charge in [-0.2, -0.15) is 5.10 Å². The predicted octanol–water partition coefficient (Wildman–Crippen LogP) is 3.76. The van der Waals surface area contributed by atoms with E-state index in [0.717, 1.165) is 47.2 Å². The number of pyridine rings is 2. The van der Waals surface area contributed by atoms with E-state index in [2.05, 4.69) is 32.2 Å². The maximum Gasteiger partial charge on any atom is 0.254 e. The Balaban J connectivity index is 1.13. The number of fused-ring (bicyclic) bond motifs is 3. The number of benzene rings is 1. The molecule has 2 fully saturated rings. The summed E-state index contributed by atoms with van der Waals surface area (Å²) in [7, 11) is 0. The Bertz CT molecular complexity index is 1400. The van der Waals surface area contributed by atoms with Crippen LogP contribution in [0.25, 0.3) is 22.2 Å². The fourth-order valence-electron chi connectivity index (χ4n) is 5.42. The number of aromatic nitrogens is 4. The largest absolute Gasteiger partial charge is 0.439 e. The smallest absolute Gasteiger partial charge is 0.254 e. The minimum Gasteiger partial charge on any atom is -0.439 e. The average Bonchev–Trinajstić information content (AvgIpc) is 3.49. The van der Waals surface area contributed by atoms with Crippen LogP contribution < -0.4 is 4.74 Å². The molecule has 9 heteroatoms. The number of H-pyrrole nitrogens is 1. The van der Waals surface area contributed by atoms with Gasteiger partial charge in [0.15, 0.2) is 0 Å². The Morgan fingerprint density at radius 3 is 2.59 bits per heavy atom. The number of hydrogen-bond acceptors (Lipinski definition) is 7. The van der Waals surface area contributed by atoms with E-state index in [1.54, 1.807) is 26.2 Å². The van der Waals surface area contributed by atoms with Gasteiger partial charge < -0.3 is 14.7 Å². The molecule has 3 aromatic heterocycles. The number of nitrogens with zero attached hydrogens (tertiary/aromatic N) is 5. The van der Waals surface area contributed by atoms with Crippen molar-refractivity contribution < 1.29 is 14.6 Å². The van der Waals surface area contributed by atoms with E-state index in [1.165, 1.54) is 0 Å². The lowest BCUT2D eigenvalue weighted by molar-refractivity contribution is -0.151. The first-order chi connectivity index (χ1) is 17.8. The lowest BCUT2D eigenvalue weighted by Crippen LogP contribution is -2.58. The summed E-state index contributed by atoms with van der Waals surface area (Å²) in [6.45, 7) is 5.19. The van der Waals surface area contributed by atoms with Crippen LogP contribution >= 0.6 is 0 Å². The van der Waals surface area contributed by atoms with E-state index in [0.29, 0.717) is 36.8 Å². The molecule has 0 radical (unpaired) electrons. The SMILES string of the molecule is CC(C)(O)C(=O)N1CC2CCC(C1)N2Cc1ccc2cc(Oc3ccc(-c4ccn[nH]4)cn3)ccc2n1. The third-order valence-corrected chi connectivity index (χ3v) is 7.28. The lowest BCUT2D eigenvalue weighted by Gasteiger charge is -2.42. The van der Waals surface area contributed by atoms with E-state index in [-0.39, 0.29) is 5.91 Å². The van der Waals surface area contributed by atoms with Gasteiger partial charge in [-0.1, -0.05) is 6.07 Å². The van der Waals surface area contributed by atoms with Crippen LogP contribution in [0.3, 0.4) is 0 Å². The number of rotatable bonds is 6. The van der Waals surface area contributed by atoms with Crippen molar-refractivity contribution in [1.29, 1.82) is 0 Å². The van der Waals surface area contributed by atoms with Gasteiger partial charge >= 0.3 is 0 Å². The van der Waals surface area contributed by atoms with Crippen LogP contribution in [0, 0.1) is 0 Å². The molecule has 0 spiro atoms. The van der Waals surface area contributed by atoms with E-state index in [4.69, 9.17) is 9.72 Å². The molecule has 1 aromatic carbocycles. The fourth-order valence-corrected chi connectivity index (χ4v) is 5.42. The van der Waals surface area contributed by atoms with Crippen molar-refractivity contribution in [2.75, 3.05) is 13.1 Å². The summed E-state index contributed by atoms with van der Waals surface area (Å²) in [6, 6.07) is 16.3. The number of hydrogen-bond donors (Lipinski definition) is 2. The highest BCUT2D eigenvalue weighted by Gasteiger charge is 2.43. The Morgan fingerprint density at radius 1 is 1.11 bits per heavy atom. The van der Waals surface area contributed by atoms with Crippen LogP contribution in [0.4, 0.5) is 0 Å². The third-order valence-electron chi connectivity index (χ3n) is 7.28. The second kappa shape index (κ2) is 9.24. The molecule has 2 saturated heterocycles. The van der Waals surface area contributed by atoms with E-state index in [1.807, 2.05) is 41.3 Å². The molecule has 5 heterocycles. The molecule has 0 aliphatic carbocycles. The molecule has 2 unspecified atom stereocenters. The molecular formula is C28H30N6O3. The monoisotopic (exact) mass is 498 g/mol. The number of nitrogens with one attached hydrogen (secondary N) is 1. The van der Waals surface area contributed by atoms with Crippen LogP contribution in [0.15, 0.2) is 60.9 Å². The minimum atomic E-state index is -1.33. The van der Waals surface area contributed by atoms with Gasteiger partial charge in [0.2, 0.25) is 5.88 Å². The van der Waals surface area contributed by atoms with Crippen molar-refractivity contribution in [3.8, 4) is 22.9 Å². The Morgan fingerprint density at radius 2 is 1.92 bits per heavy atom. The molecule has 2 atom stereocenters. The minimum absolute atomic E-state index is 0.185. The van der Waals surface area contributed by atoms with Crippen molar-refractivity contribution in [3.63, 3.8) is 0 Å². The second-order valence-corrected chi connectivity index (χ2v) is 10.4.